The Bertz CT molecular complexity index is 708. The van der Waals surface area contributed by atoms with Crippen molar-refractivity contribution in [3.63, 3.8) is 0 Å². The minimum Gasteiger partial charge on any atom is -0.466 e. The molecular weight excluding hydrogens is 631 g/mol. The molecule has 1 fully saturated rings. The summed E-state index contributed by atoms with van der Waals surface area (Å²) in [6.07, 6.45) is 45.0. The maximum absolute atomic E-state index is 11.9. The lowest BCUT2D eigenvalue weighted by Crippen LogP contribution is -2.54. The van der Waals surface area contributed by atoms with Crippen LogP contribution >= 0.6 is 0 Å². The fourth-order valence-electron chi connectivity index (χ4n) is 8.19. The Balaban J connectivity index is 1.86. The Morgan fingerprint density at radius 3 is 1.00 bits per heavy atom. The lowest BCUT2D eigenvalue weighted by atomic mass is 9.72. The molecule has 0 N–H and O–H groups in total. The van der Waals surface area contributed by atoms with Gasteiger partial charge in [-0.1, -0.05) is 194 Å². The summed E-state index contributed by atoms with van der Waals surface area (Å²) >= 11 is 0. The van der Waals surface area contributed by atoms with Crippen molar-refractivity contribution in [1.82, 2.24) is 4.90 Å². The van der Waals surface area contributed by atoms with Crippen LogP contribution in [0.3, 0.4) is 0 Å². The summed E-state index contributed by atoms with van der Waals surface area (Å²) in [7, 11) is 2.29. The van der Waals surface area contributed by atoms with Crippen molar-refractivity contribution in [2.75, 3.05) is 33.4 Å². The van der Waals surface area contributed by atoms with Crippen molar-refractivity contribution in [3.8, 4) is 0 Å². The molecule has 1 aliphatic rings. The summed E-state index contributed by atoms with van der Waals surface area (Å²) in [5, 5.41) is 0. The van der Waals surface area contributed by atoms with Gasteiger partial charge >= 0.3 is 11.9 Å². The second-order valence-electron chi connectivity index (χ2n) is 16.7. The largest absolute Gasteiger partial charge is 0.466 e. The number of hydrogen-bond donors (Lipinski definition) is 0. The Hall–Kier alpha value is -1.10. The Labute approximate surface area is 318 Å². The van der Waals surface area contributed by atoms with E-state index in [9.17, 15) is 9.59 Å². The van der Waals surface area contributed by atoms with E-state index >= 15 is 0 Å². The van der Waals surface area contributed by atoms with E-state index in [0.29, 0.717) is 31.5 Å². The second-order valence-corrected chi connectivity index (χ2v) is 16.7. The Kier molecular flexibility index (Phi) is 33.7. The molecule has 5 heteroatoms. The smallest absolute Gasteiger partial charge is 0.305 e. The Morgan fingerprint density at radius 2 is 0.686 bits per heavy atom. The molecule has 0 saturated carbocycles. The van der Waals surface area contributed by atoms with E-state index in [2.05, 4.69) is 25.8 Å². The molecule has 0 aliphatic carbocycles. The molecule has 0 atom stereocenters. The van der Waals surface area contributed by atoms with Crippen LogP contribution in [-0.2, 0) is 19.1 Å². The summed E-state index contributed by atoms with van der Waals surface area (Å²) in [4.78, 5) is 26.4. The number of carbonyl (C=O) groups excluding carboxylic acids is 2. The van der Waals surface area contributed by atoms with Crippen molar-refractivity contribution in [2.45, 2.75) is 245 Å². The maximum Gasteiger partial charge on any atom is 0.305 e. The SMILES string of the molecule is CCCCCCCCCOC(=O)CCCCCCCCCCCC1(CCCCCCCCCCCC(=O)OCCCCCCCCC)CN(C)C1. The highest BCUT2D eigenvalue weighted by molar-refractivity contribution is 5.69. The quantitative estimate of drug-likeness (QED) is 0.0466. The predicted octanol–water partition coefficient (Wildman–Crippen LogP) is 14.1. The molecule has 1 rings (SSSR count). The van der Waals surface area contributed by atoms with E-state index in [1.54, 1.807) is 0 Å². The molecule has 1 saturated heterocycles. The molecule has 1 heterocycles. The summed E-state index contributed by atoms with van der Waals surface area (Å²) in [6.45, 7) is 8.37. The number of hydrogen-bond acceptors (Lipinski definition) is 5. The molecule has 0 radical (unpaired) electrons. The van der Waals surface area contributed by atoms with Crippen molar-refractivity contribution in [2.24, 2.45) is 5.41 Å². The van der Waals surface area contributed by atoms with E-state index in [0.717, 1.165) is 25.7 Å². The summed E-state index contributed by atoms with van der Waals surface area (Å²) in [6, 6.07) is 0. The van der Waals surface area contributed by atoms with Crippen LogP contribution < -0.4 is 0 Å². The first-order chi connectivity index (χ1) is 25.0. The molecule has 51 heavy (non-hydrogen) atoms. The number of rotatable bonds is 40. The van der Waals surface area contributed by atoms with Gasteiger partial charge in [0.2, 0.25) is 0 Å². The molecule has 1 aliphatic heterocycles. The van der Waals surface area contributed by atoms with Gasteiger partial charge in [0.05, 0.1) is 13.2 Å². The van der Waals surface area contributed by atoms with Gasteiger partial charge in [0.25, 0.3) is 0 Å². The number of nitrogens with zero attached hydrogens (tertiary/aromatic N) is 1. The molecule has 0 aromatic heterocycles. The van der Waals surface area contributed by atoms with E-state index in [4.69, 9.17) is 9.47 Å². The molecular formula is C46H89NO4. The molecule has 302 valence electrons. The van der Waals surface area contributed by atoms with Gasteiger partial charge in [-0.05, 0) is 51.0 Å². The average molecular weight is 720 g/mol. The molecule has 0 spiro atoms. The average Bonchev–Trinajstić information content (AvgIpc) is 3.11. The predicted molar refractivity (Wildman–Crippen MR) is 219 cm³/mol. The van der Waals surface area contributed by atoms with Crippen LogP contribution in [-0.4, -0.2) is 50.2 Å². The summed E-state index contributed by atoms with van der Waals surface area (Å²) in [5.74, 6) is 0.0277. The van der Waals surface area contributed by atoms with Crippen LogP contribution in [0.25, 0.3) is 0 Å². The van der Waals surface area contributed by atoms with E-state index in [-0.39, 0.29) is 11.9 Å². The van der Waals surface area contributed by atoms with Gasteiger partial charge in [-0.15, -0.1) is 0 Å². The van der Waals surface area contributed by atoms with Crippen LogP contribution in [0, 0.1) is 5.41 Å². The molecule has 5 nitrogen and oxygen atoms in total. The van der Waals surface area contributed by atoms with Gasteiger partial charge in [-0.25, -0.2) is 0 Å². The zero-order valence-electron chi connectivity index (χ0n) is 34.9. The first-order valence-electron chi connectivity index (χ1n) is 23.0. The fourth-order valence-corrected chi connectivity index (χ4v) is 8.19. The highest BCUT2D eigenvalue weighted by Crippen LogP contribution is 2.40. The first kappa shape index (κ1) is 47.9. The molecule has 0 amide bonds. The highest BCUT2D eigenvalue weighted by atomic mass is 16.5. The van der Waals surface area contributed by atoms with Crippen molar-refractivity contribution in [1.29, 1.82) is 0 Å². The van der Waals surface area contributed by atoms with Crippen LogP contribution in [0.5, 0.6) is 0 Å². The van der Waals surface area contributed by atoms with Gasteiger partial charge < -0.3 is 14.4 Å². The topological polar surface area (TPSA) is 55.8 Å². The molecule has 0 aromatic rings. The normalized spacial score (nSPS) is 14.1. The van der Waals surface area contributed by atoms with Gasteiger partial charge in [-0.3, -0.25) is 9.59 Å². The van der Waals surface area contributed by atoms with Crippen LogP contribution in [0.1, 0.15) is 245 Å². The number of unbranched alkanes of at least 4 members (excludes halogenated alkanes) is 28. The number of ether oxygens (including phenoxy) is 2. The monoisotopic (exact) mass is 720 g/mol. The van der Waals surface area contributed by atoms with E-state index in [1.165, 1.54) is 206 Å². The minimum atomic E-state index is 0.0139. The first-order valence-corrected chi connectivity index (χ1v) is 23.0. The van der Waals surface area contributed by atoms with Gasteiger partial charge in [0.15, 0.2) is 0 Å². The minimum absolute atomic E-state index is 0.0139. The number of esters is 2. The summed E-state index contributed by atoms with van der Waals surface area (Å²) < 4.78 is 10.8. The fraction of sp³-hybridized carbons (Fsp3) is 0.957. The zero-order valence-corrected chi connectivity index (χ0v) is 34.9. The van der Waals surface area contributed by atoms with Crippen LogP contribution in [0.15, 0.2) is 0 Å². The standard InChI is InChI=1S/C46H89NO4/c1-4-6-8-10-22-28-34-40-50-44(48)36-30-24-18-14-12-16-20-26-32-38-46(42-47(3)43-46)39-33-27-21-17-13-15-19-25-31-37-45(49)51-41-35-29-23-11-9-7-5-2/h4-43H2,1-3H3. The van der Waals surface area contributed by atoms with Crippen LogP contribution in [0.4, 0.5) is 0 Å². The van der Waals surface area contributed by atoms with E-state index in [1.807, 2.05) is 0 Å². The maximum atomic E-state index is 11.9. The zero-order chi connectivity index (χ0) is 36.9. The molecule has 0 unspecified atom stereocenters. The Morgan fingerprint density at radius 1 is 0.412 bits per heavy atom. The van der Waals surface area contributed by atoms with Crippen molar-refractivity contribution >= 4 is 11.9 Å². The van der Waals surface area contributed by atoms with Gasteiger partial charge in [0.1, 0.15) is 0 Å². The molecule has 0 aromatic carbocycles. The third kappa shape index (κ3) is 31.0. The van der Waals surface area contributed by atoms with Crippen molar-refractivity contribution in [3.05, 3.63) is 0 Å². The third-order valence-corrected chi connectivity index (χ3v) is 11.4. The van der Waals surface area contributed by atoms with Gasteiger partial charge in [0, 0.05) is 25.9 Å². The van der Waals surface area contributed by atoms with Gasteiger partial charge in [-0.2, -0.15) is 0 Å². The summed E-state index contributed by atoms with van der Waals surface area (Å²) in [5.41, 5.74) is 0.611. The third-order valence-electron chi connectivity index (χ3n) is 11.4. The number of carbonyl (C=O) groups is 2. The van der Waals surface area contributed by atoms with Crippen LogP contribution in [0.2, 0.25) is 0 Å². The van der Waals surface area contributed by atoms with Crippen molar-refractivity contribution < 1.29 is 19.1 Å². The number of likely N-dealkylation sites (tertiary alicyclic amines) is 1. The highest BCUT2D eigenvalue weighted by Gasteiger charge is 2.39. The lowest BCUT2D eigenvalue weighted by molar-refractivity contribution is -0.144. The second kappa shape index (κ2) is 35.9. The molecule has 0 bridgehead atoms. The lowest BCUT2D eigenvalue weighted by Gasteiger charge is -2.49. The van der Waals surface area contributed by atoms with E-state index < -0.39 is 0 Å².